The Morgan fingerprint density at radius 1 is 1.43 bits per heavy atom. The molecule has 1 aromatic heterocycles. The lowest BCUT2D eigenvalue weighted by atomic mass is 9.92. The molecule has 0 radical (unpaired) electrons. The fraction of sp³-hybridized carbons (Fsp3) is 0.727. The van der Waals surface area contributed by atoms with Crippen LogP contribution in [-0.4, -0.2) is 11.7 Å². The van der Waals surface area contributed by atoms with Crippen molar-refractivity contribution < 1.29 is 4.52 Å². The lowest BCUT2D eigenvalue weighted by molar-refractivity contribution is 0.361. The van der Waals surface area contributed by atoms with E-state index in [1.54, 1.807) is 0 Å². The van der Waals surface area contributed by atoms with Gasteiger partial charge in [0.05, 0.1) is 5.69 Å². The number of nitrogens with zero attached hydrogens (tertiary/aromatic N) is 1. The van der Waals surface area contributed by atoms with Crippen LogP contribution in [0.4, 0.5) is 0 Å². The summed E-state index contributed by atoms with van der Waals surface area (Å²) in [4.78, 5) is 0. The van der Waals surface area contributed by atoms with E-state index < -0.39 is 0 Å². The fourth-order valence-electron chi connectivity index (χ4n) is 1.18. The molecule has 3 nitrogen and oxygen atoms in total. The van der Waals surface area contributed by atoms with Crippen LogP contribution in [0.15, 0.2) is 10.6 Å². The third-order valence-corrected chi connectivity index (χ3v) is 2.03. The molecule has 0 aliphatic heterocycles. The van der Waals surface area contributed by atoms with Crippen molar-refractivity contribution in [3.05, 3.63) is 17.5 Å². The molecule has 1 N–H and O–H groups in total. The average molecular weight is 196 g/mol. The van der Waals surface area contributed by atoms with Crippen LogP contribution in [0.3, 0.4) is 0 Å². The monoisotopic (exact) mass is 196 g/mol. The molecule has 0 aliphatic carbocycles. The van der Waals surface area contributed by atoms with Crippen molar-refractivity contribution in [2.45, 2.75) is 40.7 Å². The highest BCUT2D eigenvalue weighted by atomic mass is 16.5. The number of rotatable bonds is 4. The molecule has 0 unspecified atom stereocenters. The molecular weight excluding hydrogens is 176 g/mol. The van der Waals surface area contributed by atoms with Crippen molar-refractivity contribution in [2.24, 2.45) is 5.41 Å². The molecule has 3 heteroatoms. The van der Waals surface area contributed by atoms with Gasteiger partial charge in [-0.15, -0.1) is 0 Å². The van der Waals surface area contributed by atoms with Gasteiger partial charge in [-0.3, -0.25) is 0 Å². The highest BCUT2D eigenvalue weighted by molar-refractivity contribution is 5.02. The number of nitrogens with one attached hydrogen (secondary N) is 1. The maximum Gasteiger partial charge on any atom is 0.133 e. The largest absolute Gasteiger partial charge is 0.361 e. The van der Waals surface area contributed by atoms with E-state index in [-0.39, 0.29) is 0 Å². The zero-order valence-corrected chi connectivity index (χ0v) is 9.55. The maximum absolute atomic E-state index is 4.97. The number of hydrogen-bond acceptors (Lipinski definition) is 3. The highest BCUT2D eigenvalue weighted by Gasteiger charge is 2.08. The molecule has 0 bridgehead atoms. The first-order chi connectivity index (χ1) is 6.47. The molecule has 0 amide bonds. The number of aryl methyl sites for hydroxylation is 1. The second kappa shape index (κ2) is 4.60. The van der Waals surface area contributed by atoms with Gasteiger partial charge in [-0.1, -0.05) is 25.9 Å². The Labute approximate surface area is 85.9 Å². The third kappa shape index (κ3) is 4.42. The fourth-order valence-corrected chi connectivity index (χ4v) is 1.18. The molecule has 0 aromatic carbocycles. The second-order valence-electron chi connectivity index (χ2n) is 4.92. The zero-order chi connectivity index (χ0) is 10.6. The van der Waals surface area contributed by atoms with Gasteiger partial charge in [0.25, 0.3) is 0 Å². The predicted octanol–water partition coefficient (Wildman–Crippen LogP) is 2.51. The molecule has 0 spiro atoms. The van der Waals surface area contributed by atoms with Gasteiger partial charge in [-0.05, 0) is 25.3 Å². The van der Waals surface area contributed by atoms with Crippen LogP contribution in [0.5, 0.6) is 0 Å². The van der Waals surface area contributed by atoms with E-state index in [1.807, 2.05) is 13.0 Å². The Balaban J connectivity index is 2.16. The Morgan fingerprint density at radius 2 is 2.14 bits per heavy atom. The van der Waals surface area contributed by atoms with Crippen LogP contribution in [-0.2, 0) is 6.54 Å². The number of aromatic nitrogens is 1. The normalized spacial score (nSPS) is 12.0. The summed E-state index contributed by atoms with van der Waals surface area (Å²) in [5.41, 5.74) is 1.38. The van der Waals surface area contributed by atoms with E-state index in [9.17, 15) is 0 Å². The van der Waals surface area contributed by atoms with Gasteiger partial charge in [0.2, 0.25) is 0 Å². The Bertz CT molecular complexity index is 273. The highest BCUT2D eigenvalue weighted by Crippen LogP contribution is 2.16. The summed E-state index contributed by atoms with van der Waals surface area (Å²) in [5, 5.41) is 7.26. The van der Waals surface area contributed by atoms with Crippen molar-refractivity contribution in [3.8, 4) is 0 Å². The Kier molecular flexibility index (Phi) is 3.69. The molecular formula is C11H20N2O. The maximum atomic E-state index is 4.97. The van der Waals surface area contributed by atoms with Crippen molar-refractivity contribution in [1.82, 2.24) is 10.5 Å². The molecule has 80 valence electrons. The van der Waals surface area contributed by atoms with Crippen molar-refractivity contribution in [1.29, 1.82) is 0 Å². The quantitative estimate of drug-likeness (QED) is 0.752. The molecule has 0 aliphatic rings. The molecule has 1 heterocycles. The van der Waals surface area contributed by atoms with Crippen LogP contribution < -0.4 is 5.32 Å². The minimum atomic E-state index is 0.396. The minimum Gasteiger partial charge on any atom is -0.361 e. The summed E-state index contributed by atoms with van der Waals surface area (Å²) < 4.78 is 4.97. The molecule has 0 atom stereocenters. The summed E-state index contributed by atoms with van der Waals surface area (Å²) >= 11 is 0. The molecule has 1 rings (SSSR count). The van der Waals surface area contributed by atoms with E-state index in [4.69, 9.17) is 4.52 Å². The van der Waals surface area contributed by atoms with Gasteiger partial charge < -0.3 is 9.84 Å². The van der Waals surface area contributed by atoms with E-state index in [0.29, 0.717) is 5.41 Å². The van der Waals surface area contributed by atoms with Gasteiger partial charge in [-0.2, -0.15) is 0 Å². The topological polar surface area (TPSA) is 38.1 Å². The minimum absolute atomic E-state index is 0.396. The van der Waals surface area contributed by atoms with Crippen molar-refractivity contribution >= 4 is 0 Å². The lowest BCUT2D eigenvalue weighted by Gasteiger charge is -2.17. The summed E-state index contributed by atoms with van der Waals surface area (Å²) in [6, 6.07) is 1.96. The predicted molar refractivity (Wildman–Crippen MR) is 57.0 cm³/mol. The van der Waals surface area contributed by atoms with Crippen LogP contribution in [0.1, 0.15) is 38.6 Å². The van der Waals surface area contributed by atoms with Crippen LogP contribution in [0.2, 0.25) is 0 Å². The van der Waals surface area contributed by atoms with Crippen LogP contribution in [0.25, 0.3) is 0 Å². The van der Waals surface area contributed by atoms with Gasteiger partial charge in [0.15, 0.2) is 0 Å². The smallest absolute Gasteiger partial charge is 0.133 e. The van der Waals surface area contributed by atoms with E-state index >= 15 is 0 Å². The Hall–Kier alpha value is -0.830. The van der Waals surface area contributed by atoms with E-state index in [1.165, 1.54) is 6.42 Å². The molecule has 1 aromatic rings. The van der Waals surface area contributed by atoms with E-state index in [2.05, 4.69) is 31.2 Å². The first-order valence-electron chi connectivity index (χ1n) is 5.10. The van der Waals surface area contributed by atoms with Gasteiger partial charge >= 0.3 is 0 Å². The van der Waals surface area contributed by atoms with E-state index in [0.717, 1.165) is 24.5 Å². The molecule has 0 saturated heterocycles. The van der Waals surface area contributed by atoms with Crippen molar-refractivity contribution in [3.63, 3.8) is 0 Å². The molecule has 14 heavy (non-hydrogen) atoms. The van der Waals surface area contributed by atoms with Gasteiger partial charge in [0, 0.05) is 12.6 Å². The van der Waals surface area contributed by atoms with Gasteiger partial charge in [-0.25, -0.2) is 0 Å². The first-order valence-corrected chi connectivity index (χ1v) is 5.10. The van der Waals surface area contributed by atoms with Crippen LogP contribution in [0, 0.1) is 12.3 Å². The average Bonchev–Trinajstić information content (AvgIpc) is 2.44. The van der Waals surface area contributed by atoms with Gasteiger partial charge in [0.1, 0.15) is 5.76 Å². The summed E-state index contributed by atoms with van der Waals surface area (Å²) in [6.45, 7) is 10.5. The lowest BCUT2D eigenvalue weighted by Crippen LogP contribution is -2.20. The molecule has 0 saturated carbocycles. The second-order valence-corrected chi connectivity index (χ2v) is 4.92. The summed E-state index contributed by atoms with van der Waals surface area (Å²) in [6.07, 6.45) is 1.17. The number of hydrogen-bond donors (Lipinski definition) is 1. The molecule has 0 fully saturated rings. The standard InChI is InChI=1S/C11H20N2O/c1-9-7-10(13-14-9)8-12-6-5-11(2,3)4/h7,12H,5-6,8H2,1-4H3. The summed E-state index contributed by atoms with van der Waals surface area (Å²) in [5.74, 6) is 0.873. The Morgan fingerprint density at radius 3 is 2.64 bits per heavy atom. The third-order valence-electron chi connectivity index (χ3n) is 2.03. The zero-order valence-electron chi connectivity index (χ0n) is 9.55. The SMILES string of the molecule is Cc1cc(CNCCC(C)(C)C)no1. The van der Waals surface area contributed by atoms with Crippen molar-refractivity contribution in [2.75, 3.05) is 6.54 Å². The first kappa shape index (κ1) is 11.2. The summed E-state index contributed by atoms with van der Waals surface area (Å²) in [7, 11) is 0. The van der Waals surface area contributed by atoms with Crippen LogP contribution >= 0.6 is 0 Å².